The van der Waals surface area contributed by atoms with Gasteiger partial charge in [0.15, 0.2) is 0 Å². The Morgan fingerprint density at radius 3 is 2.59 bits per heavy atom. The molecule has 0 saturated carbocycles. The van der Waals surface area contributed by atoms with Crippen LogP contribution in [0.25, 0.3) is 0 Å². The first-order valence-electron chi connectivity index (χ1n) is 7.35. The minimum Gasteiger partial charge on any atom is -0.444 e. The third-order valence-corrected chi connectivity index (χ3v) is 3.55. The van der Waals surface area contributed by atoms with Gasteiger partial charge < -0.3 is 9.64 Å². The summed E-state index contributed by atoms with van der Waals surface area (Å²) in [5, 5.41) is 11.1. The number of rotatable bonds is 2. The van der Waals surface area contributed by atoms with Gasteiger partial charge in [0.2, 0.25) is 0 Å². The molecule has 2 heterocycles. The monoisotopic (exact) mass is 307 g/mol. The predicted octanol–water partition coefficient (Wildman–Crippen LogP) is 3.10. The van der Waals surface area contributed by atoms with Crippen LogP contribution < -0.4 is 0 Å². The summed E-state index contributed by atoms with van der Waals surface area (Å²) < 4.78 is 5.34. The third-order valence-electron chi connectivity index (χ3n) is 3.55. The van der Waals surface area contributed by atoms with Crippen LogP contribution >= 0.6 is 0 Å². The number of pyridine rings is 1. The zero-order valence-corrected chi connectivity index (χ0v) is 13.1. The van der Waals surface area contributed by atoms with Gasteiger partial charge in [-0.2, -0.15) is 0 Å². The van der Waals surface area contributed by atoms with Crippen molar-refractivity contribution in [1.29, 1.82) is 0 Å². The van der Waals surface area contributed by atoms with Crippen LogP contribution in [0.1, 0.15) is 45.2 Å². The summed E-state index contributed by atoms with van der Waals surface area (Å²) in [6.45, 7) is 6.53. The van der Waals surface area contributed by atoms with E-state index in [1.54, 1.807) is 17.2 Å². The number of nitro groups is 1. The summed E-state index contributed by atoms with van der Waals surface area (Å²) in [5.74, 6) is 0.000265. The van der Waals surface area contributed by atoms with Crippen LogP contribution in [0.2, 0.25) is 0 Å². The lowest BCUT2D eigenvalue weighted by Crippen LogP contribution is -2.41. The molecule has 1 aliphatic heterocycles. The van der Waals surface area contributed by atoms with Crippen LogP contribution in [0.5, 0.6) is 0 Å². The maximum Gasteiger partial charge on any atom is 0.410 e. The summed E-state index contributed by atoms with van der Waals surface area (Å²) in [6.07, 6.45) is 2.54. The van der Waals surface area contributed by atoms with Gasteiger partial charge >= 0.3 is 6.09 Å². The van der Waals surface area contributed by atoms with Crippen molar-refractivity contribution in [3.05, 3.63) is 34.1 Å². The number of nitrogens with zero attached hydrogens (tertiary/aromatic N) is 3. The molecule has 1 amide bonds. The molecule has 0 aromatic carbocycles. The van der Waals surface area contributed by atoms with Crippen molar-refractivity contribution in [2.24, 2.45) is 0 Å². The second-order valence-electron chi connectivity index (χ2n) is 6.41. The number of ether oxygens (including phenoxy) is 1. The molecule has 1 saturated heterocycles. The van der Waals surface area contributed by atoms with Crippen molar-refractivity contribution in [3.63, 3.8) is 0 Å². The second kappa shape index (κ2) is 6.29. The Morgan fingerprint density at radius 2 is 2.05 bits per heavy atom. The molecule has 7 heteroatoms. The smallest absolute Gasteiger partial charge is 0.410 e. The summed E-state index contributed by atoms with van der Waals surface area (Å²) >= 11 is 0. The Labute approximate surface area is 129 Å². The molecule has 2 rings (SSSR count). The van der Waals surface area contributed by atoms with Crippen LogP contribution in [0.4, 0.5) is 10.5 Å². The first-order chi connectivity index (χ1) is 10.3. The Hall–Kier alpha value is -2.18. The zero-order valence-electron chi connectivity index (χ0n) is 13.1. The lowest BCUT2D eigenvalue weighted by molar-refractivity contribution is -0.386. The van der Waals surface area contributed by atoms with Crippen LogP contribution in [0.3, 0.4) is 0 Å². The van der Waals surface area contributed by atoms with Crippen molar-refractivity contribution in [1.82, 2.24) is 9.88 Å². The predicted molar refractivity (Wildman–Crippen MR) is 80.7 cm³/mol. The van der Waals surface area contributed by atoms with E-state index in [2.05, 4.69) is 4.98 Å². The molecule has 0 unspecified atom stereocenters. The summed E-state index contributed by atoms with van der Waals surface area (Å²) in [7, 11) is 0. The highest BCUT2D eigenvalue weighted by molar-refractivity contribution is 5.68. The van der Waals surface area contributed by atoms with Gasteiger partial charge in [-0.15, -0.1) is 0 Å². The van der Waals surface area contributed by atoms with E-state index in [0.717, 1.165) is 0 Å². The Bertz CT molecular complexity index is 560. The second-order valence-corrected chi connectivity index (χ2v) is 6.41. The quantitative estimate of drug-likeness (QED) is 0.619. The number of aromatic nitrogens is 1. The molecule has 0 radical (unpaired) electrons. The number of hydrogen-bond donors (Lipinski definition) is 0. The fourth-order valence-electron chi connectivity index (χ4n) is 2.54. The maximum absolute atomic E-state index is 12.0. The van der Waals surface area contributed by atoms with Gasteiger partial charge in [0.1, 0.15) is 11.3 Å². The van der Waals surface area contributed by atoms with Gasteiger partial charge in [0, 0.05) is 31.3 Å². The molecule has 1 aliphatic rings. The molecule has 120 valence electrons. The molecule has 0 N–H and O–H groups in total. The van der Waals surface area contributed by atoms with E-state index in [0.29, 0.717) is 31.6 Å². The first kappa shape index (κ1) is 16.2. The topological polar surface area (TPSA) is 85.6 Å². The number of carbonyl (C=O) groups is 1. The van der Waals surface area contributed by atoms with Crippen LogP contribution in [-0.2, 0) is 4.74 Å². The fourth-order valence-corrected chi connectivity index (χ4v) is 2.54. The summed E-state index contributed by atoms with van der Waals surface area (Å²) in [4.78, 5) is 28.5. The van der Waals surface area contributed by atoms with Gasteiger partial charge in [-0.3, -0.25) is 15.1 Å². The Balaban J connectivity index is 2.01. The molecule has 7 nitrogen and oxygen atoms in total. The molecule has 0 spiro atoms. The number of piperidine rings is 1. The molecule has 0 aliphatic carbocycles. The standard InChI is InChI=1S/C15H21N3O4/c1-15(2,3)22-14(19)17-9-6-11(7-10-17)13-12(18(20)21)5-4-8-16-13/h4-5,8,11H,6-7,9-10H2,1-3H3. The number of likely N-dealkylation sites (tertiary alicyclic amines) is 1. The maximum atomic E-state index is 12.0. The van der Waals surface area contributed by atoms with Crippen molar-refractivity contribution in [2.45, 2.75) is 45.1 Å². The molecule has 1 aromatic heterocycles. The highest BCUT2D eigenvalue weighted by Crippen LogP contribution is 2.32. The lowest BCUT2D eigenvalue weighted by Gasteiger charge is -2.33. The van der Waals surface area contributed by atoms with Gasteiger partial charge in [-0.05, 0) is 39.7 Å². The Kier molecular flexibility index (Phi) is 4.63. The van der Waals surface area contributed by atoms with Crippen molar-refractivity contribution < 1.29 is 14.5 Å². The van der Waals surface area contributed by atoms with E-state index in [1.165, 1.54) is 6.07 Å². The van der Waals surface area contributed by atoms with Crippen LogP contribution in [0.15, 0.2) is 18.3 Å². The fraction of sp³-hybridized carbons (Fsp3) is 0.600. The summed E-state index contributed by atoms with van der Waals surface area (Å²) in [6, 6.07) is 3.04. The van der Waals surface area contributed by atoms with Gasteiger partial charge in [-0.25, -0.2) is 4.79 Å². The molecular weight excluding hydrogens is 286 g/mol. The number of carbonyl (C=O) groups excluding carboxylic acids is 1. The Morgan fingerprint density at radius 1 is 1.41 bits per heavy atom. The molecule has 22 heavy (non-hydrogen) atoms. The van der Waals surface area contributed by atoms with E-state index < -0.39 is 10.5 Å². The largest absolute Gasteiger partial charge is 0.444 e. The molecule has 1 aromatic rings. The molecular formula is C15H21N3O4. The van der Waals surface area contributed by atoms with E-state index in [9.17, 15) is 14.9 Å². The zero-order chi connectivity index (χ0) is 16.3. The van der Waals surface area contributed by atoms with E-state index in [1.807, 2.05) is 20.8 Å². The SMILES string of the molecule is CC(C)(C)OC(=O)N1CCC(c2ncccc2[N+](=O)[O-])CC1. The van der Waals surface area contributed by atoms with Crippen molar-refractivity contribution >= 4 is 11.8 Å². The minimum absolute atomic E-state index is 0.000265. The average molecular weight is 307 g/mol. The molecule has 1 fully saturated rings. The highest BCUT2D eigenvalue weighted by atomic mass is 16.6. The van der Waals surface area contributed by atoms with Crippen molar-refractivity contribution in [3.8, 4) is 0 Å². The van der Waals surface area contributed by atoms with E-state index in [4.69, 9.17) is 4.74 Å². The van der Waals surface area contributed by atoms with Gasteiger partial charge in [-0.1, -0.05) is 0 Å². The minimum atomic E-state index is -0.520. The number of hydrogen-bond acceptors (Lipinski definition) is 5. The molecule has 0 atom stereocenters. The third kappa shape index (κ3) is 3.93. The summed E-state index contributed by atoms with van der Waals surface area (Å²) in [5.41, 5.74) is 0.0443. The number of amides is 1. The van der Waals surface area contributed by atoms with Crippen molar-refractivity contribution in [2.75, 3.05) is 13.1 Å². The lowest BCUT2D eigenvalue weighted by atomic mass is 9.92. The average Bonchev–Trinajstić information content (AvgIpc) is 2.45. The van der Waals surface area contributed by atoms with E-state index >= 15 is 0 Å². The first-order valence-corrected chi connectivity index (χ1v) is 7.35. The van der Waals surface area contributed by atoms with Gasteiger partial charge in [0.05, 0.1) is 4.92 Å². The highest BCUT2D eigenvalue weighted by Gasteiger charge is 2.31. The van der Waals surface area contributed by atoms with E-state index in [-0.39, 0.29) is 17.7 Å². The van der Waals surface area contributed by atoms with Crippen LogP contribution in [0, 0.1) is 10.1 Å². The van der Waals surface area contributed by atoms with Crippen LogP contribution in [-0.4, -0.2) is 39.6 Å². The molecule has 0 bridgehead atoms. The normalized spacial score (nSPS) is 16.4. The van der Waals surface area contributed by atoms with Gasteiger partial charge in [0.25, 0.3) is 5.69 Å².